The summed E-state index contributed by atoms with van der Waals surface area (Å²) < 4.78 is 0. The van der Waals surface area contributed by atoms with Gasteiger partial charge in [0.25, 0.3) is 0 Å². The first-order chi connectivity index (χ1) is 8.72. The van der Waals surface area contributed by atoms with Gasteiger partial charge in [-0.25, -0.2) is 0 Å². The van der Waals surface area contributed by atoms with E-state index in [-0.39, 0.29) is 6.04 Å². The largest absolute Gasteiger partial charge is 0.302 e. The number of nitrogens with one attached hydrogen (secondary N) is 1. The molecule has 1 aliphatic heterocycles. The summed E-state index contributed by atoms with van der Waals surface area (Å²) in [6.07, 6.45) is 5.13. The number of likely N-dealkylation sites (N-methyl/N-ethyl adjacent to an activating group) is 2. The van der Waals surface area contributed by atoms with Crippen LogP contribution in [0.4, 0.5) is 0 Å². The van der Waals surface area contributed by atoms with Crippen molar-refractivity contribution in [2.45, 2.75) is 50.7 Å². The third kappa shape index (κ3) is 3.94. The quantitative estimate of drug-likeness (QED) is 0.733. The van der Waals surface area contributed by atoms with E-state index in [0.717, 1.165) is 19.6 Å². The number of rotatable bonds is 7. The molecule has 0 bridgehead atoms. The fourth-order valence-corrected chi connectivity index (χ4v) is 2.93. The molecule has 1 N–H and O–H groups in total. The minimum Gasteiger partial charge on any atom is -0.302 e. The van der Waals surface area contributed by atoms with Crippen molar-refractivity contribution in [3.63, 3.8) is 0 Å². The zero-order valence-electron chi connectivity index (χ0n) is 11.7. The molecular formula is C14H26N4. The summed E-state index contributed by atoms with van der Waals surface area (Å²) in [4.78, 5) is 4.88. The maximum absolute atomic E-state index is 9.16. The van der Waals surface area contributed by atoms with Gasteiger partial charge in [-0.1, -0.05) is 6.92 Å². The van der Waals surface area contributed by atoms with Crippen molar-refractivity contribution in [1.29, 1.82) is 5.26 Å². The first-order valence-corrected chi connectivity index (χ1v) is 7.31. The van der Waals surface area contributed by atoms with Gasteiger partial charge in [0, 0.05) is 25.2 Å². The van der Waals surface area contributed by atoms with Crippen LogP contribution in [0.15, 0.2) is 0 Å². The first-order valence-electron chi connectivity index (χ1n) is 7.31. The van der Waals surface area contributed by atoms with Gasteiger partial charge in [-0.3, -0.25) is 10.2 Å². The molecule has 4 heteroatoms. The molecule has 1 saturated carbocycles. The molecule has 1 saturated heterocycles. The van der Waals surface area contributed by atoms with Gasteiger partial charge in [0.2, 0.25) is 0 Å². The lowest BCUT2D eigenvalue weighted by Gasteiger charge is -2.28. The zero-order valence-corrected chi connectivity index (χ0v) is 11.7. The minimum absolute atomic E-state index is 0.000945. The van der Waals surface area contributed by atoms with Gasteiger partial charge in [0.05, 0.1) is 6.07 Å². The lowest BCUT2D eigenvalue weighted by Crippen LogP contribution is -2.44. The van der Waals surface area contributed by atoms with Gasteiger partial charge in [-0.2, -0.15) is 5.26 Å². The number of likely N-dealkylation sites (tertiary alicyclic amines) is 1. The Labute approximate surface area is 111 Å². The summed E-state index contributed by atoms with van der Waals surface area (Å²) in [6, 6.07) is 3.69. The summed E-state index contributed by atoms with van der Waals surface area (Å²) >= 11 is 0. The normalized spacial score (nSPS) is 26.4. The van der Waals surface area contributed by atoms with Crippen LogP contribution < -0.4 is 5.32 Å². The number of hydrogen-bond acceptors (Lipinski definition) is 4. The van der Waals surface area contributed by atoms with Gasteiger partial charge in [0.15, 0.2) is 0 Å². The summed E-state index contributed by atoms with van der Waals surface area (Å²) in [5, 5.41) is 12.6. The lowest BCUT2D eigenvalue weighted by molar-refractivity contribution is 0.193. The molecule has 1 heterocycles. The molecule has 2 rings (SSSR count). The third-order valence-corrected chi connectivity index (χ3v) is 4.09. The topological polar surface area (TPSA) is 42.3 Å². The molecule has 0 aromatic carbocycles. The van der Waals surface area contributed by atoms with Gasteiger partial charge in [-0.15, -0.1) is 0 Å². The van der Waals surface area contributed by atoms with Gasteiger partial charge >= 0.3 is 0 Å². The van der Waals surface area contributed by atoms with Crippen LogP contribution in [0.3, 0.4) is 0 Å². The maximum atomic E-state index is 9.16. The lowest BCUT2D eigenvalue weighted by atomic mass is 10.2. The van der Waals surface area contributed by atoms with E-state index in [1.807, 2.05) is 0 Å². The van der Waals surface area contributed by atoms with Crippen LogP contribution in [0.2, 0.25) is 0 Å². The number of hydrogen-bond donors (Lipinski definition) is 1. The number of nitrogens with zero attached hydrogens (tertiary/aromatic N) is 3. The summed E-state index contributed by atoms with van der Waals surface area (Å²) in [6.45, 7) is 6.59. The average molecular weight is 250 g/mol. The van der Waals surface area contributed by atoms with Crippen molar-refractivity contribution < 1.29 is 0 Å². The highest BCUT2D eigenvalue weighted by molar-refractivity contribution is 4.97. The monoisotopic (exact) mass is 250 g/mol. The Morgan fingerprint density at radius 3 is 2.83 bits per heavy atom. The Morgan fingerprint density at radius 1 is 1.44 bits per heavy atom. The highest BCUT2D eigenvalue weighted by Crippen LogP contribution is 2.20. The van der Waals surface area contributed by atoms with Crippen molar-refractivity contribution in [2.75, 3.05) is 33.2 Å². The van der Waals surface area contributed by atoms with Gasteiger partial charge < -0.3 is 4.90 Å². The molecule has 2 fully saturated rings. The molecule has 0 aromatic rings. The van der Waals surface area contributed by atoms with Crippen molar-refractivity contribution in [2.24, 2.45) is 0 Å². The van der Waals surface area contributed by atoms with E-state index in [1.165, 1.54) is 32.2 Å². The minimum atomic E-state index is -0.000945. The van der Waals surface area contributed by atoms with Gasteiger partial charge in [-0.05, 0) is 45.8 Å². The number of nitriles is 1. The Hall–Kier alpha value is -0.630. The molecule has 4 nitrogen and oxygen atoms in total. The van der Waals surface area contributed by atoms with Crippen LogP contribution >= 0.6 is 0 Å². The van der Waals surface area contributed by atoms with E-state index in [2.05, 4.69) is 35.2 Å². The van der Waals surface area contributed by atoms with E-state index in [0.29, 0.717) is 12.1 Å². The Bertz CT molecular complexity index is 295. The first kappa shape index (κ1) is 13.8. The van der Waals surface area contributed by atoms with Gasteiger partial charge in [0.1, 0.15) is 6.04 Å². The second-order valence-electron chi connectivity index (χ2n) is 5.77. The van der Waals surface area contributed by atoms with Crippen LogP contribution in [-0.2, 0) is 0 Å². The molecule has 0 aromatic heterocycles. The Balaban J connectivity index is 1.72. The summed E-state index contributed by atoms with van der Waals surface area (Å²) in [5.41, 5.74) is 0. The maximum Gasteiger partial charge on any atom is 0.108 e. The molecule has 0 radical (unpaired) electrons. The molecule has 2 aliphatic rings. The van der Waals surface area contributed by atoms with Crippen molar-refractivity contribution in [3.05, 3.63) is 0 Å². The molecule has 0 amide bonds. The van der Waals surface area contributed by atoms with Crippen LogP contribution in [0.5, 0.6) is 0 Å². The van der Waals surface area contributed by atoms with Crippen LogP contribution in [-0.4, -0.2) is 61.2 Å². The van der Waals surface area contributed by atoms with Crippen molar-refractivity contribution in [3.8, 4) is 6.07 Å². The smallest absolute Gasteiger partial charge is 0.108 e. The second kappa shape index (κ2) is 6.51. The molecule has 18 heavy (non-hydrogen) atoms. The molecule has 2 unspecified atom stereocenters. The Kier molecular flexibility index (Phi) is 4.99. The average Bonchev–Trinajstić information content (AvgIpc) is 3.06. The van der Waals surface area contributed by atoms with E-state index in [1.54, 1.807) is 0 Å². The molecule has 0 spiro atoms. The van der Waals surface area contributed by atoms with E-state index < -0.39 is 0 Å². The second-order valence-corrected chi connectivity index (χ2v) is 5.77. The molecular weight excluding hydrogens is 224 g/mol. The standard InChI is InChI=1S/C14H26N4/c1-3-18-8-4-5-14(18)11-17(2)10-13(9-15)16-12-6-7-12/h12-14,16H,3-8,10-11H2,1-2H3. The van der Waals surface area contributed by atoms with Crippen molar-refractivity contribution in [1.82, 2.24) is 15.1 Å². The van der Waals surface area contributed by atoms with E-state index in [4.69, 9.17) is 5.26 Å². The van der Waals surface area contributed by atoms with Crippen molar-refractivity contribution >= 4 is 0 Å². The third-order valence-electron chi connectivity index (χ3n) is 4.09. The molecule has 1 aliphatic carbocycles. The highest BCUT2D eigenvalue weighted by Gasteiger charge is 2.27. The zero-order chi connectivity index (χ0) is 13.0. The SMILES string of the molecule is CCN1CCCC1CN(C)CC(C#N)NC1CC1. The van der Waals surface area contributed by atoms with Crippen LogP contribution in [0.25, 0.3) is 0 Å². The summed E-state index contributed by atoms with van der Waals surface area (Å²) in [7, 11) is 2.14. The van der Waals surface area contributed by atoms with E-state index in [9.17, 15) is 0 Å². The predicted molar refractivity (Wildman–Crippen MR) is 73.3 cm³/mol. The predicted octanol–water partition coefficient (Wildman–Crippen LogP) is 1.05. The van der Waals surface area contributed by atoms with Crippen LogP contribution in [0.1, 0.15) is 32.6 Å². The Morgan fingerprint density at radius 2 is 2.22 bits per heavy atom. The highest BCUT2D eigenvalue weighted by atomic mass is 15.2. The van der Waals surface area contributed by atoms with E-state index >= 15 is 0 Å². The molecule has 102 valence electrons. The fraction of sp³-hybridized carbons (Fsp3) is 0.929. The van der Waals surface area contributed by atoms with Crippen LogP contribution in [0, 0.1) is 11.3 Å². The summed E-state index contributed by atoms with van der Waals surface area (Å²) in [5.74, 6) is 0. The fourth-order valence-electron chi connectivity index (χ4n) is 2.93. The molecule has 2 atom stereocenters.